The molecule has 1 aliphatic rings. The zero-order valence-corrected chi connectivity index (χ0v) is 32.6. The molecule has 0 aliphatic carbocycles. The van der Waals surface area contributed by atoms with E-state index in [9.17, 15) is 0 Å². The molecular formula is C54H34BN4O. The van der Waals surface area contributed by atoms with E-state index < -0.39 is 0 Å². The molecule has 279 valence electrons. The van der Waals surface area contributed by atoms with E-state index in [0.717, 1.165) is 67.0 Å². The van der Waals surface area contributed by atoms with Gasteiger partial charge >= 0.3 is 0 Å². The normalized spacial score (nSPS) is 12.2. The summed E-state index contributed by atoms with van der Waals surface area (Å²) in [6.45, 7) is 2.12. The Morgan fingerprint density at radius 2 is 1.23 bits per heavy atom. The Bertz CT molecular complexity index is 3670. The zero-order valence-electron chi connectivity index (χ0n) is 32.6. The van der Waals surface area contributed by atoms with Gasteiger partial charge in [0.15, 0.2) is 12.9 Å². The number of benzene rings is 9. The Kier molecular flexibility index (Phi) is 6.96. The molecule has 0 saturated heterocycles. The SMILES string of the molecule is Cc1ccc(Nc2ccccc2-c2cc(-n3c4ccccc4c4ccccc43)c3c4cc5ccccc5cc4n4c3c2[B]c2cc3oc(-c5ccccc5)nc3cc2-4)cc1. The summed E-state index contributed by atoms with van der Waals surface area (Å²) in [6, 6.07) is 65.4. The number of hydrogen-bond acceptors (Lipinski definition) is 3. The largest absolute Gasteiger partial charge is 0.436 e. The lowest BCUT2D eigenvalue weighted by molar-refractivity contribution is 0.620. The fourth-order valence-electron chi connectivity index (χ4n) is 9.65. The van der Waals surface area contributed by atoms with Crippen molar-refractivity contribution in [1.82, 2.24) is 14.1 Å². The number of aryl methyl sites for hydroxylation is 1. The maximum atomic E-state index is 6.51. The van der Waals surface area contributed by atoms with Crippen LogP contribution in [0.15, 0.2) is 186 Å². The highest BCUT2D eigenvalue weighted by molar-refractivity contribution is 6.74. The number of aromatic nitrogens is 3. The van der Waals surface area contributed by atoms with E-state index in [1.54, 1.807) is 0 Å². The second-order valence-corrected chi connectivity index (χ2v) is 15.9. The van der Waals surface area contributed by atoms with Crippen molar-refractivity contribution >= 4 is 95.1 Å². The lowest BCUT2D eigenvalue weighted by atomic mass is 9.59. The number of anilines is 2. The van der Waals surface area contributed by atoms with Crippen molar-refractivity contribution in [1.29, 1.82) is 0 Å². The van der Waals surface area contributed by atoms with Crippen molar-refractivity contribution in [2.24, 2.45) is 0 Å². The lowest BCUT2D eigenvalue weighted by Gasteiger charge is -2.25. The van der Waals surface area contributed by atoms with E-state index in [1.807, 2.05) is 30.3 Å². The van der Waals surface area contributed by atoms with Crippen LogP contribution < -0.4 is 16.2 Å². The van der Waals surface area contributed by atoms with Crippen LogP contribution in [0.4, 0.5) is 11.4 Å². The van der Waals surface area contributed by atoms with Crippen molar-refractivity contribution in [3.63, 3.8) is 0 Å². The van der Waals surface area contributed by atoms with Gasteiger partial charge in [-0.2, -0.15) is 0 Å². The maximum Gasteiger partial charge on any atom is 0.227 e. The molecule has 3 aromatic heterocycles. The van der Waals surface area contributed by atoms with Gasteiger partial charge in [0.1, 0.15) is 5.52 Å². The van der Waals surface area contributed by atoms with Crippen LogP contribution in [0, 0.1) is 6.92 Å². The van der Waals surface area contributed by atoms with Gasteiger partial charge in [-0.25, -0.2) is 4.98 Å². The monoisotopic (exact) mass is 765 g/mol. The van der Waals surface area contributed by atoms with Gasteiger partial charge in [-0.3, -0.25) is 0 Å². The van der Waals surface area contributed by atoms with Crippen LogP contribution in [0.25, 0.3) is 99.4 Å². The first-order valence-electron chi connectivity index (χ1n) is 20.5. The summed E-state index contributed by atoms with van der Waals surface area (Å²) < 4.78 is 11.5. The Labute approximate surface area is 346 Å². The average molecular weight is 766 g/mol. The molecule has 6 heteroatoms. The Morgan fingerprint density at radius 1 is 0.550 bits per heavy atom. The summed E-state index contributed by atoms with van der Waals surface area (Å²) in [5, 5.41) is 11.1. The minimum atomic E-state index is 0.615. The van der Waals surface area contributed by atoms with Gasteiger partial charge in [-0.05, 0) is 102 Å². The molecule has 1 radical (unpaired) electrons. The first kappa shape index (κ1) is 33.2. The second-order valence-electron chi connectivity index (χ2n) is 15.9. The molecule has 9 aromatic carbocycles. The number of oxazole rings is 1. The molecule has 0 atom stereocenters. The van der Waals surface area contributed by atoms with E-state index in [4.69, 9.17) is 9.40 Å². The highest BCUT2D eigenvalue weighted by atomic mass is 16.3. The molecule has 0 amide bonds. The highest BCUT2D eigenvalue weighted by Crippen LogP contribution is 2.44. The van der Waals surface area contributed by atoms with Crippen LogP contribution in [0.5, 0.6) is 0 Å². The minimum absolute atomic E-state index is 0.615. The quantitative estimate of drug-likeness (QED) is 0.178. The number of nitrogens with one attached hydrogen (secondary N) is 1. The maximum absolute atomic E-state index is 6.51. The molecule has 12 aromatic rings. The van der Waals surface area contributed by atoms with Gasteiger partial charge in [-0.15, -0.1) is 0 Å². The molecular weight excluding hydrogens is 731 g/mol. The van der Waals surface area contributed by atoms with Gasteiger partial charge in [0, 0.05) is 49.7 Å². The number of fused-ring (bicyclic) bond motifs is 10. The molecule has 60 heavy (non-hydrogen) atoms. The van der Waals surface area contributed by atoms with Crippen molar-refractivity contribution in [3.8, 4) is 34.0 Å². The fourth-order valence-corrected chi connectivity index (χ4v) is 9.65. The number of rotatable bonds is 5. The zero-order chi connectivity index (χ0) is 39.5. The molecule has 0 unspecified atom stereocenters. The predicted octanol–water partition coefficient (Wildman–Crippen LogP) is 12.5. The van der Waals surface area contributed by atoms with E-state index in [1.165, 1.54) is 54.4 Å². The van der Waals surface area contributed by atoms with Gasteiger partial charge in [0.25, 0.3) is 0 Å². The summed E-state index contributed by atoms with van der Waals surface area (Å²) >= 11 is 0. The lowest BCUT2D eigenvalue weighted by Crippen LogP contribution is -2.37. The smallest absolute Gasteiger partial charge is 0.227 e. The van der Waals surface area contributed by atoms with Crippen molar-refractivity contribution in [2.45, 2.75) is 6.92 Å². The first-order valence-corrected chi connectivity index (χ1v) is 20.5. The van der Waals surface area contributed by atoms with Gasteiger partial charge < -0.3 is 18.9 Å². The Morgan fingerprint density at radius 3 is 2.02 bits per heavy atom. The van der Waals surface area contributed by atoms with Crippen molar-refractivity contribution in [2.75, 3.05) is 5.32 Å². The first-order chi connectivity index (χ1) is 29.6. The summed E-state index contributed by atoms with van der Waals surface area (Å²) in [4.78, 5) is 5.07. The molecule has 0 saturated carbocycles. The molecule has 13 rings (SSSR count). The summed E-state index contributed by atoms with van der Waals surface area (Å²) in [5.74, 6) is 0.615. The highest BCUT2D eigenvalue weighted by Gasteiger charge is 2.31. The summed E-state index contributed by atoms with van der Waals surface area (Å²) in [5.41, 5.74) is 17.2. The third kappa shape index (κ3) is 4.85. The second kappa shape index (κ2) is 12.6. The van der Waals surface area contributed by atoms with E-state index in [-0.39, 0.29) is 0 Å². The third-order valence-corrected chi connectivity index (χ3v) is 12.4. The predicted molar refractivity (Wildman–Crippen MR) is 251 cm³/mol. The summed E-state index contributed by atoms with van der Waals surface area (Å²) in [6.07, 6.45) is 0. The Hall–Kier alpha value is -7.83. The van der Waals surface area contributed by atoms with Crippen LogP contribution in [0.1, 0.15) is 5.56 Å². The fraction of sp³-hybridized carbons (Fsp3) is 0.0185. The van der Waals surface area contributed by atoms with Crippen LogP contribution in [0.3, 0.4) is 0 Å². The number of para-hydroxylation sites is 3. The van der Waals surface area contributed by atoms with Gasteiger partial charge in [-0.1, -0.05) is 120 Å². The molecule has 5 nitrogen and oxygen atoms in total. The molecule has 0 fully saturated rings. The van der Waals surface area contributed by atoms with E-state index >= 15 is 0 Å². The van der Waals surface area contributed by atoms with Crippen LogP contribution >= 0.6 is 0 Å². The van der Waals surface area contributed by atoms with Crippen LogP contribution in [0.2, 0.25) is 0 Å². The number of nitrogens with zero attached hydrogens (tertiary/aromatic N) is 3. The average Bonchev–Trinajstić information content (AvgIpc) is 3.97. The van der Waals surface area contributed by atoms with Crippen molar-refractivity contribution in [3.05, 3.63) is 188 Å². The standard InChI is InChI=1S/C54H34BN4O/c1-32-23-25-36(26-24-32)56-43-20-10-7-17-37(43)40-29-49(58-45-21-11-8-18-38(45)39-19-9-12-22-46(39)58)51-41-27-34-15-5-6-16-35(34)28-47(41)59-48-31-44-50(30-42(48)55-52(40)53(51)59)60-54(57-44)33-13-3-2-4-14-33/h2-31,56H,1H3. The molecule has 4 heterocycles. The number of hydrogen-bond donors (Lipinski definition) is 1. The van der Waals surface area contributed by atoms with Crippen LogP contribution in [-0.4, -0.2) is 21.4 Å². The van der Waals surface area contributed by atoms with Crippen LogP contribution in [-0.2, 0) is 0 Å². The molecule has 1 aliphatic heterocycles. The molecule has 0 bridgehead atoms. The molecule has 0 spiro atoms. The molecule has 1 N–H and O–H groups in total. The van der Waals surface area contributed by atoms with Gasteiger partial charge in [0.2, 0.25) is 5.89 Å². The third-order valence-electron chi connectivity index (χ3n) is 12.4. The van der Waals surface area contributed by atoms with Crippen molar-refractivity contribution < 1.29 is 4.42 Å². The van der Waals surface area contributed by atoms with E-state index in [2.05, 4.69) is 180 Å². The van der Waals surface area contributed by atoms with Gasteiger partial charge in [0.05, 0.1) is 27.8 Å². The topological polar surface area (TPSA) is 47.9 Å². The van der Waals surface area contributed by atoms with E-state index in [0.29, 0.717) is 5.89 Å². The summed E-state index contributed by atoms with van der Waals surface area (Å²) in [7, 11) is 2.37. The Balaban J connectivity index is 1.19. The minimum Gasteiger partial charge on any atom is -0.436 e.